The molecule has 0 radical (unpaired) electrons. The van der Waals surface area contributed by atoms with Crippen LogP contribution in [-0.2, 0) is 4.79 Å². The van der Waals surface area contributed by atoms with Crippen LogP contribution in [0.1, 0.15) is 24.3 Å². The molecule has 78 valence electrons. The molecule has 1 aliphatic carbocycles. The number of carbonyl (C=O) groups excluding carboxylic acids is 1. The van der Waals surface area contributed by atoms with Crippen LogP contribution in [0.3, 0.4) is 0 Å². The first-order valence-corrected chi connectivity index (χ1v) is 5.59. The van der Waals surface area contributed by atoms with Crippen molar-refractivity contribution in [3.05, 3.63) is 46.0 Å². The van der Waals surface area contributed by atoms with Crippen molar-refractivity contribution in [3.8, 4) is 0 Å². The number of ketones is 1. The zero-order chi connectivity index (χ0) is 10.8. The molecule has 0 amide bonds. The summed E-state index contributed by atoms with van der Waals surface area (Å²) in [6, 6.07) is 5.30. The zero-order valence-electron chi connectivity index (χ0n) is 8.04. The molecule has 15 heavy (non-hydrogen) atoms. The van der Waals surface area contributed by atoms with Gasteiger partial charge >= 0.3 is 0 Å². The van der Waals surface area contributed by atoms with Crippen LogP contribution < -0.4 is 0 Å². The molecule has 1 unspecified atom stereocenters. The summed E-state index contributed by atoms with van der Waals surface area (Å²) < 4.78 is 0. The van der Waals surface area contributed by atoms with E-state index < -0.39 is 0 Å². The van der Waals surface area contributed by atoms with E-state index in [0.717, 1.165) is 18.4 Å². The van der Waals surface area contributed by atoms with E-state index in [9.17, 15) is 4.79 Å². The van der Waals surface area contributed by atoms with Crippen molar-refractivity contribution in [1.29, 1.82) is 0 Å². The van der Waals surface area contributed by atoms with Gasteiger partial charge in [-0.1, -0.05) is 35.3 Å². The van der Waals surface area contributed by atoms with Gasteiger partial charge in [0.05, 0.1) is 0 Å². The molecule has 0 aliphatic heterocycles. The molecule has 0 saturated heterocycles. The van der Waals surface area contributed by atoms with Crippen LogP contribution >= 0.6 is 23.2 Å². The van der Waals surface area contributed by atoms with Gasteiger partial charge in [0.25, 0.3) is 0 Å². The summed E-state index contributed by atoms with van der Waals surface area (Å²) in [4.78, 5) is 11.7. The van der Waals surface area contributed by atoms with E-state index in [1.807, 2.05) is 12.1 Å². The van der Waals surface area contributed by atoms with E-state index >= 15 is 0 Å². The van der Waals surface area contributed by atoms with Crippen LogP contribution in [0.25, 0.3) is 0 Å². The summed E-state index contributed by atoms with van der Waals surface area (Å²) in [6.45, 7) is 0. The Balaban J connectivity index is 2.37. The maximum absolute atomic E-state index is 11.7. The van der Waals surface area contributed by atoms with Gasteiger partial charge in [-0.2, -0.15) is 0 Å². The molecule has 1 atom stereocenters. The van der Waals surface area contributed by atoms with Crippen LogP contribution in [0.4, 0.5) is 0 Å². The van der Waals surface area contributed by atoms with Crippen molar-refractivity contribution in [2.24, 2.45) is 0 Å². The average Bonchev–Trinajstić information content (AvgIpc) is 2.20. The van der Waals surface area contributed by atoms with E-state index in [0.29, 0.717) is 10.0 Å². The monoisotopic (exact) mass is 240 g/mol. The summed E-state index contributed by atoms with van der Waals surface area (Å²) in [5.41, 5.74) is 0.885. The number of halogens is 2. The zero-order valence-corrected chi connectivity index (χ0v) is 9.55. The Kier molecular flexibility index (Phi) is 3.13. The van der Waals surface area contributed by atoms with E-state index in [4.69, 9.17) is 23.2 Å². The molecular formula is C12H10Cl2O. The van der Waals surface area contributed by atoms with E-state index in [2.05, 4.69) is 0 Å². The number of allylic oxidation sites excluding steroid dienone is 2. The summed E-state index contributed by atoms with van der Waals surface area (Å²) >= 11 is 11.9. The molecule has 0 aromatic heterocycles. The van der Waals surface area contributed by atoms with Crippen molar-refractivity contribution >= 4 is 29.0 Å². The van der Waals surface area contributed by atoms with Gasteiger partial charge in [0.15, 0.2) is 5.78 Å². The lowest BCUT2D eigenvalue weighted by molar-refractivity contribution is -0.116. The van der Waals surface area contributed by atoms with Gasteiger partial charge in [-0.15, -0.1) is 0 Å². The van der Waals surface area contributed by atoms with E-state index in [-0.39, 0.29) is 11.7 Å². The van der Waals surface area contributed by atoms with Crippen LogP contribution in [0.15, 0.2) is 30.4 Å². The molecular weight excluding hydrogens is 231 g/mol. The Morgan fingerprint density at radius 3 is 2.73 bits per heavy atom. The molecule has 2 rings (SSSR count). The third-order valence-electron chi connectivity index (χ3n) is 2.59. The second-order valence-corrected chi connectivity index (χ2v) is 4.44. The lowest BCUT2D eigenvalue weighted by Crippen LogP contribution is -2.13. The molecule has 3 heteroatoms. The van der Waals surface area contributed by atoms with Gasteiger partial charge in [-0.25, -0.2) is 0 Å². The highest BCUT2D eigenvalue weighted by molar-refractivity contribution is 6.35. The highest BCUT2D eigenvalue weighted by Gasteiger charge is 2.22. The van der Waals surface area contributed by atoms with Crippen molar-refractivity contribution < 1.29 is 4.79 Å². The maximum Gasteiger partial charge on any atom is 0.162 e. The molecule has 1 aromatic rings. The van der Waals surface area contributed by atoms with E-state index in [1.165, 1.54) is 0 Å². The molecule has 0 saturated carbocycles. The predicted molar refractivity (Wildman–Crippen MR) is 62.6 cm³/mol. The van der Waals surface area contributed by atoms with Crippen molar-refractivity contribution in [3.63, 3.8) is 0 Å². The number of carbonyl (C=O) groups is 1. The Morgan fingerprint density at radius 2 is 2.07 bits per heavy atom. The SMILES string of the molecule is O=C1C=CCCC1c1ccc(Cl)cc1Cl. The molecule has 0 fully saturated rings. The summed E-state index contributed by atoms with van der Waals surface area (Å²) in [7, 11) is 0. The van der Waals surface area contributed by atoms with Gasteiger partial charge in [-0.05, 0) is 36.6 Å². The average molecular weight is 241 g/mol. The van der Waals surface area contributed by atoms with Gasteiger partial charge < -0.3 is 0 Å². The van der Waals surface area contributed by atoms with Crippen LogP contribution in [0, 0.1) is 0 Å². The molecule has 0 bridgehead atoms. The van der Waals surface area contributed by atoms with Crippen molar-refractivity contribution in [1.82, 2.24) is 0 Å². The lowest BCUT2D eigenvalue weighted by atomic mass is 9.87. The Morgan fingerprint density at radius 1 is 1.27 bits per heavy atom. The highest BCUT2D eigenvalue weighted by Crippen LogP contribution is 2.33. The Labute approximate surface area is 98.7 Å². The fourth-order valence-corrected chi connectivity index (χ4v) is 2.35. The fraction of sp³-hybridized carbons (Fsp3) is 0.250. The number of hydrogen-bond acceptors (Lipinski definition) is 1. The highest BCUT2D eigenvalue weighted by atomic mass is 35.5. The molecule has 0 spiro atoms. The summed E-state index contributed by atoms with van der Waals surface area (Å²) in [5.74, 6) is 0.0326. The first-order valence-electron chi connectivity index (χ1n) is 4.84. The fourth-order valence-electron chi connectivity index (χ4n) is 1.81. The second-order valence-electron chi connectivity index (χ2n) is 3.60. The smallest absolute Gasteiger partial charge is 0.162 e. The maximum atomic E-state index is 11.7. The minimum Gasteiger partial charge on any atom is -0.294 e. The van der Waals surface area contributed by atoms with Crippen LogP contribution in [0.2, 0.25) is 10.0 Å². The number of rotatable bonds is 1. The molecule has 1 aliphatic rings. The number of hydrogen-bond donors (Lipinski definition) is 0. The first kappa shape index (κ1) is 10.7. The standard InChI is InChI=1S/C12H10Cl2O/c13-8-5-6-9(11(14)7-8)10-3-1-2-4-12(10)15/h2,4-7,10H,1,3H2. The molecule has 0 heterocycles. The lowest BCUT2D eigenvalue weighted by Gasteiger charge is -2.18. The van der Waals surface area contributed by atoms with E-state index in [1.54, 1.807) is 18.2 Å². The second kappa shape index (κ2) is 4.38. The van der Waals surface area contributed by atoms with Gasteiger partial charge in [0.2, 0.25) is 0 Å². The molecule has 0 N–H and O–H groups in total. The Bertz CT molecular complexity index is 424. The van der Waals surface area contributed by atoms with Gasteiger partial charge in [-0.3, -0.25) is 4.79 Å². The predicted octanol–water partition coefficient (Wildman–Crippen LogP) is 4.00. The number of benzene rings is 1. The summed E-state index contributed by atoms with van der Waals surface area (Å²) in [6.07, 6.45) is 5.30. The normalized spacial score (nSPS) is 20.7. The minimum absolute atomic E-state index is 0.0974. The Hall–Kier alpha value is -0.790. The van der Waals surface area contributed by atoms with Crippen LogP contribution in [-0.4, -0.2) is 5.78 Å². The quantitative estimate of drug-likeness (QED) is 0.726. The first-order chi connectivity index (χ1) is 7.18. The molecule has 1 nitrogen and oxygen atoms in total. The minimum atomic E-state index is -0.0974. The summed E-state index contributed by atoms with van der Waals surface area (Å²) in [5, 5.41) is 1.18. The third kappa shape index (κ3) is 2.24. The third-order valence-corrected chi connectivity index (χ3v) is 3.15. The van der Waals surface area contributed by atoms with Gasteiger partial charge in [0.1, 0.15) is 0 Å². The van der Waals surface area contributed by atoms with Crippen molar-refractivity contribution in [2.75, 3.05) is 0 Å². The topological polar surface area (TPSA) is 17.1 Å². The van der Waals surface area contributed by atoms with Crippen LogP contribution in [0.5, 0.6) is 0 Å². The largest absolute Gasteiger partial charge is 0.294 e. The van der Waals surface area contributed by atoms with Gasteiger partial charge in [0, 0.05) is 16.0 Å². The molecule has 1 aromatic carbocycles. The van der Waals surface area contributed by atoms with Crippen molar-refractivity contribution in [2.45, 2.75) is 18.8 Å².